The van der Waals surface area contributed by atoms with Gasteiger partial charge in [0.1, 0.15) is 12.4 Å². The number of fused-ring (bicyclic) bond motifs is 1. The molecule has 2 aromatic carbocycles. The number of nitrogens with one attached hydrogen (secondary N) is 1. The summed E-state index contributed by atoms with van der Waals surface area (Å²) in [7, 11) is 0. The topological polar surface area (TPSA) is 67.9 Å². The van der Waals surface area contributed by atoms with Gasteiger partial charge < -0.3 is 19.7 Å². The lowest BCUT2D eigenvalue weighted by atomic mass is 10.1. The molecule has 0 radical (unpaired) electrons. The second kappa shape index (κ2) is 8.88. The van der Waals surface area contributed by atoms with Crippen molar-refractivity contribution in [2.75, 3.05) is 30.0 Å². The van der Waals surface area contributed by atoms with Gasteiger partial charge in [-0.1, -0.05) is 13.0 Å². The quantitative estimate of drug-likeness (QED) is 0.781. The van der Waals surface area contributed by atoms with E-state index in [1.54, 1.807) is 11.0 Å². The Hall–Kier alpha value is -2.86. The van der Waals surface area contributed by atoms with Crippen molar-refractivity contribution in [1.82, 2.24) is 0 Å². The number of carbonyl (C=O) groups is 2. The minimum atomic E-state index is -0.191. The maximum atomic E-state index is 12.9. The van der Waals surface area contributed by atoms with Crippen molar-refractivity contribution < 1.29 is 19.1 Å². The van der Waals surface area contributed by atoms with Crippen molar-refractivity contribution in [3.63, 3.8) is 0 Å². The number of aryl methyl sites for hydroxylation is 1. The predicted molar refractivity (Wildman–Crippen MR) is 116 cm³/mol. The van der Waals surface area contributed by atoms with Gasteiger partial charge >= 0.3 is 0 Å². The van der Waals surface area contributed by atoms with Crippen molar-refractivity contribution >= 4 is 23.2 Å². The predicted octanol–water partition coefficient (Wildman–Crippen LogP) is 4.10. The Morgan fingerprint density at radius 1 is 1.23 bits per heavy atom. The lowest BCUT2D eigenvalue weighted by molar-refractivity contribution is -0.118. The maximum Gasteiger partial charge on any atom is 0.255 e. The number of amides is 2. The summed E-state index contributed by atoms with van der Waals surface area (Å²) in [6, 6.07) is 11.3. The zero-order chi connectivity index (χ0) is 21.1. The van der Waals surface area contributed by atoms with Gasteiger partial charge in [-0.25, -0.2) is 0 Å². The van der Waals surface area contributed by atoms with E-state index in [0.29, 0.717) is 36.6 Å². The Kier molecular flexibility index (Phi) is 6.04. The number of hydrogen-bond donors (Lipinski definition) is 1. The molecule has 1 N–H and O–H groups in total. The average molecular weight is 408 g/mol. The average Bonchev–Trinajstić information content (AvgIpc) is 3.42. The SMILES string of the molecule is CCC(=O)N1CCc2cc(C(=O)Nc3ccc(C)cc3OCC3CCCO3)ccc21. The zero-order valence-electron chi connectivity index (χ0n) is 17.6. The summed E-state index contributed by atoms with van der Waals surface area (Å²) < 4.78 is 11.6. The third kappa shape index (κ3) is 4.33. The molecule has 2 heterocycles. The fourth-order valence-electron chi connectivity index (χ4n) is 4.00. The van der Waals surface area contributed by atoms with Gasteiger partial charge in [-0.2, -0.15) is 0 Å². The van der Waals surface area contributed by atoms with E-state index >= 15 is 0 Å². The van der Waals surface area contributed by atoms with Crippen molar-refractivity contribution in [1.29, 1.82) is 0 Å². The molecule has 30 heavy (non-hydrogen) atoms. The van der Waals surface area contributed by atoms with E-state index < -0.39 is 0 Å². The van der Waals surface area contributed by atoms with Crippen LogP contribution in [0.1, 0.15) is 47.7 Å². The van der Waals surface area contributed by atoms with Gasteiger partial charge in [0.15, 0.2) is 0 Å². The molecular formula is C24H28N2O4. The van der Waals surface area contributed by atoms with Gasteiger partial charge in [0, 0.05) is 30.8 Å². The van der Waals surface area contributed by atoms with Crippen LogP contribution in [-0.2, 0) is 16.0 Å². The molecule has 2 aliphatic rings. The van der Waals surface area contributed by atoms with E-state index in [4.69, 9.17) is 9.47 Å². The van der Waals surface area contributed by atoms with Gasteiger partial charge in [0.05, 0.1) is 11.8 Å². The van der Waals surface area contributed by atoms with E-state index in [-0.39, 0.29) is 17.9 Å². The Balaban J connectivity index is 1.48. The van der Waals surface area contributed by atoms with Crippen LogP contribution in [0.3, 0.4) is 0 Å². The largest absolute Gasteiger partial charge is 0.489 e. The van der Waals surface area contributed by atoms with Gasteiger partial charge in [-0.3, -0.25) is 9.59 Å². The number of carbonyl (C=O) groups excluding carboxylic acids is 2. The van der Waals surface area contributed by atoms with Crippen LogP contribution in [0.4, 0.5) is 11.4 Å². The summed E-state index contributed by atoms with van der Waals surface area (Å²) in [6.45, 7) is 5.79. The van der Waals surface area contributed by atoms with Crippen molar-refractivity contribution in [2.24, 2.45) is 0 Å². The number of hydrogen-bond acceptors (Lipinski definition) is 4. The van der Waals surface area contributed by atoms with E-state index in [1.807, 2.05) is 44.2 Å². The third-order valence-electron chi connectivity index (χ3n) is 5.67. The Morgan fingerprint density at radius 3 is 2.87 bits per heavy atom. The van der Waals surface area contributed by atoms with Crippen LogP contribution in [0, 0.1) is 6.92 Å². The molecule has 1 unspecified atom stereocenters. The first-order valence-corrected chi connectivity index (χ1v) is 10.6. The Labute approximate surface area is 177 Å². The first-order valence-electron chi connectivity index (χ1n) is 10.6. The van der Waals surface area contributed by atoms with Gasteiger partial charge in [0.2, 0.25) is 5.91 Å². The van der Waals surface area contributed by atoms with Crippen LogP contribution in [0.15, 0.2) is 36.4 Å². The highest BCUT2D eigenvalue weighted by molar-refractivity contribution is 6.06. The van der Waals surface area contributed by atoms with Gasteiger partial charge in [-0.15, -0.1) is 0 Å². The van der Waals surface area contributed by atoms with Crippen molar-refractivity contribution in [3.05, 3.63) is 53.1 Å². The standard InChI is InChI=1S/C24H28N2O4/c1-3-23(27)26-11-10-17-14-18(7-9-21(17)26)24(28)25-20-8-6-16(2)13-22(20)30-15-19-5-4-12-29-19/h6-9,13-14,19H,3-5,10-12,15H2,1-2H3,(H,25,28). The highest BCUT2D eigenvalue weighted by Crippen LogP contribution is 2.31. The molecule has 4 rings (SSSR count). The summed E-state index contributed by atoms with van der Waals surface area (Å²) in [5, 5.41) is 2.98. The van der Waals surface area contributed by atoms with E-state index in [2.05, 4.69) is 5.32 Å². The highest BCUT2D eigenvalue weighted by Gasteiger charge is 2.24. The normalized spacial score (nSPS) is 17.7. The van der Waals surface area contributed by atoms with Crippen LogP contribution >= 0.6 is 0 Å². The summed E-state index contributed by atoms with van der Waals surface area (Å²) in [5.41, 5.74) is 4.23. The fraction of sp³-hybridized carbons (Fsp3) is 0.417. The Bertz CT molecular complexity index is 950. The van der Waals surface area contributed by atoms with Crippen LogP contribution in [-0.4, -0.2) is 37.7 Å². The fourth-order valence-corrected chi connectivity index (χ4v) is 4.00. The van der Waals surface area contributed by atoms with Crippen LogP contribution in [0.2, 0.25) is 0 Å². The van der Waals surface area contributed by atoms with Crippen LogP contribution in [0.25, 0.3) is 0 Å². The molecule has 0 spiro atoms. The number of benzene rings is 2. The minimum absolute atomic E-state index is 0.110. The second-order valence-corrected chi connectivity index (χ2v) is 7.89. The number of rotatable bonds is 6. The van der Waals surface area contributed by atoms with Crippen LogP contribution in [0.5, 0.6) is 5.75 Å². The molecular weight excluding hydrogens is 380 g/mol. The molecule has 2 aromatic rings. The van der Waals surface area contributed by atoms with E-state index in [0.717, 1.165) is 42.7 Å². The van der Waals surface area contributed by atoms with Crippen LogP contribution < -0.4 is 15.0 Å². The van der Waals surface area contributed by atoms with Crippen molar-refractivity contribution in [2.45, 2.75) is 45.6 Å². The third-order valence-corrected chi connectivity index (χ3v) is 5.67. The summed E-state index contributed by atoms with van der Waals surface area (Å²) in [4.78, 5) is 26.8. The molecule has 158 valence electrons. The van der Waals surface area contributed by atoms with E-state index in [1.165, 1.54) is 0 Å². The number of nitrogens with zero attached hydrogens (tertiary/aromatic N) is 1. The monoisotopic (exact) mass is 408 g/mol. The summed E-state index contributed by atoms with van der Waals surface area (Å²) in [5.74, 6) is 0.572. The maximum absolute atomic E-state index is 12.9. The molecule has 1 atom stereocenters. The lowest BCUT2D eigenvalue weighted by Crippen LogP contribution is -2.27. The molecule has 0 aliphatic carbocycles. The van der Waals surface area contributed by atoms with Crippen molar-refractivity contribution in [3.8, 4) is 5.75 Å². The smallest absolute Gasteiger partial charge is 0.255 e. The lowest BCUT2D eigenvalue weighted by Gasteiger charge is -2.17. The first-order chi connectivity index (χ1) is 14.5. The van der Waals surface area contributed by atoms with Gasteiger partial charge in [0.25, 0.3) is 5.91 Å². The second-order valence-electron chi connectivity index (χ2n) is 7.89. The molecule has 6 nitrogen and oxygen atoms in total. The van der Waals surface area contributed by atoms with Gasteiger partial charge in [-0.05, 0) is 67.6 Å². The number of ether oxygens (including phenoxy) is 2. The Morgan fingerprint density at radius 2 is 2.10 bits per heavy atom. The molecule has 2 aliphatic heterocycles. The molecule has 6 heteroatoms. The number of anilines is 2. The summed E-state index contributed by atoms with van der Waals surface area (Å²) in [6.07, 6.45) is 3.41. The molecule has 2 amide bonds. The minimum Gasteiger partial charge on any atom is -0.489 e. The molecule has 1 saturated heterocycles. The molecule has 0 saturated carbocycles. The zero-order valence-corrected chi connectivity index (χ0v) is 17.6. The summed E-state index contributed by atoms with van der Waals surface area (Å²) >= 11 is 0. The molecule has 0 bridgehead atoms. The van der Waals surface area contributed by atoms with E-state index in [9.17, 15) is 9.59 Å². The highest BCUT2D eigenvalue weighted by atomic mass is 16.5. The molecule has 1 fully saturated rings. The first kappa shape index (κ1) is 20.4. The molecule has 0 aromatic heterocycles.